The van der Waals surface area contributed by atoms with Crippen molar-refractivity contribution in [3.63, 3.8) is 0 Å². The fourth-order valence-electron chi connectivity index (χ4n) is 2.01. The van der Waals surface area contributed by atoms with Gasteiger partial charge < -0.3 is 9.73 Å². The Morgan fingerprint density at radius 1 is 1.26 bits per heavy atom. The highest BCUT2D eigenvalue weighted by Crippen LogP contribution is 2.12. The van der Waals surface area contributed by atoms with E-state index in [0.717, 1.165) is 37.8 Å². The summed E-state index contributed by atoms with van der Waals surface area (Å²) >= 11 is 0. The van der Waals surface area contributed by atoms with E-state index in [4.69, 9.17) is 4.42 Å². The molecule has 0 bridgehead atoms. The van der Waals surface area contributed by atoms with Gasteiger partial charge in [-0.3, -0.25) is 4.90 Å². The number of hydrogen-bond donors (Lipinski definition) is 1. The first kappa shape index (κ1) is 13.6. The van der Waals surface area contributed by atoms with Crippen LogP contribution >= 0.6 is 0 Å². The van der Waals surface area contributed by atoms with Crippen molar-refractivity contribution in [2.75, 3.05) is 18.4 Å². The summed E-state index contributed by atoms with van der Waals surface area (Å²) in [6, 6.07) is 8.11. The number of hydrogen-bond acceptors (Lipinski definition) is 4. The first-order chi connectivity index (χ1) is 9.31. The molecule has 4 nitrogen and oxygen atoms in total. The average molecular weight is 259 g/mol. The highest BCUT2D eigenvalue weighted by molar-refractivity contribution is 5.37. The second-order valence-corrected chi connectivity index (χ2v) is 4.46. The van der Waals surface area contributed by atoms with Crippen molar-refractivity contribution in [2.24, 2.45) is 0 Å². The smallest absolute Gasteiger partial charge is 0.126 e. The van der Waals surface area contributed by atoms with Gasteiger partial charge in [-0.05, 0) is 43.3 Å². The molecule has 0 unspecified atom stereocenters. The SMILES string of the molecule is CCNc1cc(CN(CC)Cc2ccco2)ccn1. The fourth-order valence-corrected chi connectivity index (χ4v) is 2.01. The zero-order valence-electron chi connectivity index (χ0n) is 11.6. The van der Waals surface area contributed by atoms with E-state index < -0.39 is 0 Å². The molecule has 0 amide bonds. The van der Waals surface area contributed by atoms with E-state index in [1.807, 2.05) is 18.3 Å². The molecule has 19 heavy (non-hydrogen) atoms. The number of rotatable bonds is 7. The quantitative estimate of drug-likeness (QED) is 0.829. The lowest BCUT2D eigenvalue weighted by Gasteiger charge is -2.19. The van der Waals surface area contributed by atoms with E-state index >= 15 is 0 Å². The maximum Gasteiger partial charge on any atom is 0.126 e. The number of nitrogens with one attached hydrogen (secondary N) is 1. The second-order valence-electron chi connectivity index (χ2n) is 4.46. The molecular weight excluding hydrogens is 238 g/mol. The standard InChI is InChI=1S/C15H21N3O/c1-3-16-15-10-13(7-8-17-15)11-18(4-2)12-14-6-5-9-19-14/h5-10H,3-4,11-12H2,1-2H3,(H,16,17). The lowest BCUT2D eigenvalue weighted by atomic mass is 10.2. The van der Waals surface area contributed by atoms with E-state index in [9.17, 15) is 0 Å². The summed E-state index contributed by atoms with van der Waals surface area (Å²) in [7, 11) is 0. The van der Waals surface area contributed by atoms with Crippen molar-refractivity contribution in [1.29, 1.82) is 0 Å². The van der Waals surface area contributed by atoms with Crippen molar-refractivity contribution in [3.8, 4) is 0 Å². The molecule has 2 aromatic rings. The zero-order valence-corrected chi connectivity index (χ0v) is 11.6. The monoisotopic (exact) mass is 259 g/mol. The molecule has 0 aliphatic carbocycles. The summed E-state index contributed by atoms with van der Waals surface area (Å²) in [6.45, 7) is 7.85. The first-order valence-electron chi connectivity index (χ1n) is 6.75. The minimum atomic E-state index is 0.836. The van der Waals surface area contributed by atoms with Gasteiger partial charge in [-0.25, -0.2) is 4.98 Å². The molecule has 0 aromatic carbocycles. The Balaban J connectivity index is 1.99. The van der Waals surface area contributed by atoms with Crippen molar-refractivity contribution < 1.29 is 4.42 Å². The highest BCUT2D eigenvalue weighted by Gasteiger charge is 2.07. The number of nitrogens with zero attached hydrogens (tertiary/aromatic N) is 2. The Morgan fingerprint density at radius 2 is 2.16 bits per heavy atom. The van der Waals surface area contributed by atoms with Gasteiger partial charge in [0.25, 0.3) is 0 Å². The van der Waals surface area contributed by atoms with Crippen LogP contribution in [-0.4, -0.2) is 23.0 Å². The van der Waals surface area contributed by atoms with Gasteiger partial charge in [0.1, 0.15) is 11.6 Å². The highest BCUT2D eigenvalue weighted by atomic mass is 16.3. The van der Waals surface area contributed by atoms with Gasteiger partial charge in [0.05, 0.1) is 12.8 Å². The normalized spacial score (nSPS) is 10.9. The predicted octanol–water partition coefficient (Wildman–Crippen LogP) is 3.13. The topological polar surface area (TPSA) is 41.3 Å². The lowest BCUT2D eigenvalue weighted by molar-refractivity contribution is 0.248. The van der Waals surface area contributed by atoms with Crippen LogP contribution in [0, 0.1) is 0 Å². The van der Waals surface area contributed by atoms with Gasteiger partial charge >= 0.3 is 0 Å². The van der Waals surface area contributed by atoms with Crippen LogP contribution in [0.1, 0.15) is 25.2 Å². The molecule has 0 atom stereocenters. The van der Waals surface area contributed by atoms with Crippen molar-refractivity contribution >= 4 is 5.82 Å². The maximum absolute atomic E-state index is 5.40. The van der Waals surface area contributed by atoms with Gasteiger partial charge in [-0.1, -0.05) is 6.92 Å². The van der Waals surface area contributed by atoms with Crippen LogP contribution in [0.15, 0.2) is 41.1 Å². The molecule has 0 saturated heterocycles. The molecule has 2 aromatic heterocycles. The summed E-state index contributed by atoms with van der Waals surface area (Å²) in [6.07, 6.45) is 3.58. The summed E-state index contributed by atoms with van der Waals surface area (Å²) < 4.78 is 5.40. The van der Waals surface area contributed by atoms with Crippen molar-refractivity contribution in [2.45, 2.75) is 26.9 Å². The van der Waals surface area contributed by atoms with Crippen LogP contribution in [0.4, 0.5) is 5.82 Å². The molecule has 2 heterocycles. The third kappa shape index (κ3) is 4.10. The molecule has 0 saturated carbocycles. The number of anilines is 1. The Hall–Kier alpha value is -1.81. The van der Waals surface area contributed by atoms with Crippen LogP contribution < -0.4 is 5.32 Å². The van der Waals surface area contributed by atoms with Crippen LogP contribution in [-0.2, 0) is 13.1 Å². The molecule has 0 fully saturated rings. The third-order valence-electron chi connectivity index (χ3n) is 3.00. The third-order valence-corrected chi connectivity index (χ3v) is 3.00. The minimum Gasteiger partial charge on any atom is -0.468 e. The largest absolute Gasteiger partial charge is 0.468 e. The summed E-state index contributed by atoms with van der Waals surface area (Å²) in [4.78, 5) is 6.63. The van der Waals surface area contributed by atoms with Crippen LogP contribution in [0.2, 0.25) is 0 Å². The second kappa shape index (κ2) is 6.95. The van der Waals surface area contributed by atoms with Crippen LogP contribution in [0.5, 0.6) is 0 Å². The zero-order chi connectivity index (χ0) is 13.5. The minimum absolute atomic E-state index is 0.836. The Morgan fingerprint density at radius 3 is 2.84 bits per heavy atom. The Kier molecular flexibility index (Phi) is 4.98. The summed E-state index contributed by atoms with van der Waals surface area (Å²) in [5.41, 5.74) is 1.26. The van der Waals surface area contributed by atoms with E-state index in [1.165, 1.54) is 5.56 Å². The van der Waals surface area contributed by atoms with Gasteiger partial charge in [-0.15, -0.1) is 0 Å². The van der Waals surface area contributed by atoms with Gasteiger partial charge in [-0.2, -0.15) is 0 Å². The molecule has 0 radical (unpaired) electrons. The lowest BCUT2D eigenvalue weighted by Crippen LogP contribution is -2.22. The van der Waals surface area contributed by atoms with Crippen molar-refractivity contribution in [3.05, 3.63) is 48.0 Å². The van der Waals surface area contributed by atoms with Crippen molar-refractivity contribution in [1.82, 2.24) is 9.88 Å². The molecule has 0 aliphatic rings. The molecule has 0 aliphatic heterocycles. The predicted molar refractivity (Wildman–Crippen MR) is 76.9 cm³/mol. The molecular formula is C15H21N3O. The van der Waals surface area contributed by atoms with E-state index in [1.54, 1.807) is 6.26 Å². The fraction of sp³-hybridized carbons (Fsp3) is 0.400. The average Bonchev–Trinajstić information content (AvgIpc) is 2.92. The van der Waals surface area contributed by atoms with E-state index in [2.05, 4.69) is 41.2 Å². The Bertz CT molecular complexity index is 482. The first-order valence-corrected chi connectivity index (χ1v) is 6.75. The molecule has 1 N–H and O–H groups in total. The molecule has 2 rings (SSSR count). The maximum atomic E-state index is 5.40. The van der Waals surface area contributed by atoms with Crippen LogP contribution in [0.25, 0.3) is 0 Å². The van der Waals surface area contributed by atoms with E-state index in [0.29, 0.717) is 0 Å². The summed E-state index contributed by atoms with van der Waals surface area (Å²) in [5, 5.41) is 3.24. The molecule has 4 heteroatoms. The number of pyridine rings is 1. The number of furan rings is 1. The Labute approximate surface area is 114 Å². The molecule has 0 spiro atoms. The summed E-state index contributed by atoms with van der Waals surface area (Å²) in [5.74, 6) is 1.94. The number of aromatic nitrogens is 1. The van der Waals surface area contributed by atoms with Gasteiger partial charge in [0.15, 0.2) is 0 Å². The van der Waals surface area contributed by atoms with Crippen LogP contribution in [0.3, 0.4) is 0 Å². The molecule has 102 valence electrons. The van der Waals surface area contributed by atoms with Gasteiger partial charge in [0, 0.05) is 19.3 Å². The van der Waals surface area contributed by atoms with Gasteiger partial charge in [0.2, 0.25) is 0 Å². The van der Waals surface area contributed by atoms with E-state index in [-0.39, 0.29) is 0 Å².